The molecule has 272 valence electrons. The lowest BCUT2D eigenvalue weighted by Gasteiger charge is -2.13. The van der Waals surface area contributed by atoms with Gasteiger partial charge in [-0.2, -0.15) is 0 Å². The summed E-state index contributed by atoms with van der Waals surface area (Å²) in [5.41, 5.74) is 9.60. The summed E-state index contributed by atoms with van der Waals surface area (Å²) < 4.78 is 14.7. The fraction of sp³-hybridized carbons (Fsp3) is 0.0698. The highest BCUT2D eigenvalue weighted by molar-refractivity contribution is 7.80. The number of aromatic nitrogens is 1. The number of nitrogens with one attached hydrogen (secondary N) is 3. The Kier molecular flexibility index (Phi) is 10.2. The van der Waals surface area contributed by atoms with Gasteiger partial charge < -0.3 is 29.8 Å². The number of amides is 1. The number of carbonyl (C=O) groups excluding carboxylic acids is 4. The summed E-state index contributed by atoms with van der Waals surface area (Å²) in [7, 11) is 3.99. The number of carbonyl (C=O) groups is 4. The first kappa shape index (κ1) is 36.2. The number of nitrogens with zero attached hydrogens (tertiary/aromatic N) is 1. The van der Waals surface area contributed by atoms with E-state index in [1.54, 1.807) is 54.6 Å². The Morgan fingerprint density at radius 3 is 1.40 bits per heavy atom. The minimum Gasteiger partial charge on any atom is -0.465 e. The molecule has 3 aliphatic rings. The number of rotatable bonds is 9. The van der Waals surface area contributed by atoms with E-state index in [0.717, 1.165) is 39.2 Å². The molecule has 4 heterocycles. The molecule has 0 unspecified atom stereocenters. The van der Waals surface area contributed by atoms with Gasteiger partial charge in [0.1, 0.15) is 4.99 Å². The molecule has 1 aromatic heterocycles. The molecule has 0 fully saturated rings. The molecule has 3 aromatic carbocycles. The van der Waals surface area contributed by atoms with Gasteiger partial charge in [-0.05, 0) is 95.6 Å². The summed E-state index contributed by atoms with van der Waals surface area (Å²) in [6.07, 6.45) is 10.6. The molecule has 12 heteroatoms. The van der Waals surface area contributed by atoms with Crippen molar-refractivity contribution in [2.45, 2.75) is 0 Å². The largest absolute Gasteiger partial charge is 0.465 e. The van der Waals surface area contributed by atoms with Gasteiger partial charge in [-0.3, -0.25) is 4.79 Å². The predicted molar refractivity (Wildman–Crippen MR) is 212 cm³/mol. The molecule has 3 N–H and O–H groups in total. The van der Waals surface area contributed by atoms with Crippen LogP contribution in [0.5, 0.6) is 0 Å². The van der Waals surface area contributed by atoms with E-state index in [2.05, 4.69) is 15.6 Å². The molecular weight excluding hydrogens is 717 g/mol. The third-order valence-corrected chi connectivity index (χ3v) is 9.26. The van der Waals surface area contributed by atoms with Crippen LogP contribution in [0.3, 0.4) is 0 Å². The maximum atomic E-state index is 12.3. The molecule has 3 aliphatic heterocycles. The predicted octanol–water partition coefficient (Wildman–Crippen LogP) is 6.49. The Hall–Kier alpha value is -7.18. The smallest absolute Gasteiger partial charge is 0.337 e. The molecular formula is C43H32N4O7S. The van der Waals surface area contributed by atoms with Crippen molar-refractivity contribution in [3.05, 3.63) is 183 Å². The van der Waals surface area contributed by atoms with Gasteiger partial charge in [0.05, 0.1) is 55.1 Å². The Morgan fingerprint density at radius 1 is 0.509 bits per heavy atom. The van der Waals surface area contributed by atoms with Gasteiger partial charge in [0.2, 0.25) is 5.91 Å². The topological polar surface area (TPSA) is 148 Å². The second kappa shape index (κ2) is 15.4. The number of allylic oxidation sites excluding steroid dienone is 5. The van der Waals surface area contributed by atoms with Gasteiger partial charge >= 0.3 is 17.9 Å². The van der Waals surface area contributed by atoms with E-state index in [-0.39, 0.29) is 5.91 Å². The highest BCUT2D eigenvalue weighted by atomic mass is 32.1. The Morgan fingerprint density at radius 2 is 0.945 bits per heavy atom. The fourth-order valence-electron chi connectivity index (χ4n) is 6.38. The molecule has 0 spiro atoms. The molecule has 11 nitrogen and oxygen atoms in total. The average Bonchev–Trinajstić information content (AvgIpc) is 4.06. The maximum Gasteiger partial charge on any atom is 0.337 e. The molecule has 55 heavy (non-hydrogen) atoms. The van der Waals surface area contributed by atoms with Crippen LogP contribution in [-0.4, -0.2) is 60.8 Å². The van der Waals surface area contributed by atoms with Crippen LogP contribution < -0.4 is 10.6 Å². The van der Waals surface area contributed by atoms with E-state index < -0.39 is 17.9 Å². The molecule has 4 aromatic rings. The van der Waals surface area contributed by atoms with Crippen LogP contribution in [-0.2, 0) is 19.0 Å². The number of H-pyrrole nitrogens is 1. The molecule has 0 atom stereocenters. The van der Waals surface area contributed by atoms with Gasteiger partial charge in [0.25, 0.3) is 0 Å². The second-order valence-electron chi connectivity index (χ2n) is 12.3. The molecule has 0 saturated heterocycles. The number of methoxy groups -OCH3 is 3. The lowest BCUT2D eigenvalue weighted by Crippen LogP contribution is -2.16. The number of ether oxygens (including phenoxy) is 3. The summed E-state index contributed by atoms with van der Waals surface area (Å²) in [6.45, 7) is 0. The standard InChI is InChI=1S/C43H32N4O7S/c1-52-41(49)27-10-4-24(5-11-27)38(30-16-18-32(44-30)39(34-20-22-36(48)46-34)25-6-12-28(13-7-25)42(50)53-2)31-17-19-33(45-31)40(35-21-23-37(55)47-35)26-8-14-29(15-9-26)43(51)54-3/h4-23,45H,1-3H3,(H,46,48)(H,47,55)/b38-30-,39-34-,40-35-. The van der Waals surface area contributed by atoms with Crippen molar-refractivity contribution >= 4 is 63.5 Å². The normalized spacial score (nSPS) is 17.0. The fourth-order valence-corrected chi connectivity index (χ4v) is 6.56. The molecule has 0 bridgehead atoms. The molecule has 1 amide bonds. The van der Waals surface area contributed by atoms with Crippen molar-refractivity contribution in [2.24, 2.45) is 4.99 Å². The third kappa shape index (κ3) is 7.39. The average molecular weight is 749 g/mol. The van der Waals surface area contributed by atoms with Crippen LogP contribution in [0.15, 0.2) is 143 Å². The monoisotopic (exact) mass is 748 g/mol. The zero-order valence-electron chi connectivity index (χ0n) is 29.8. The number of hydrogen-bond acceptors (Lipinski definition) is 9. The van der Waals surface area contributed by atoms with Crippen LogP contribution in [0.4, 0.5) is 0 Å². The van der Waals surface area contributed by atoms with Crippen molar-refractivity contribution < 1.29 is 33.4 Å². The number of esters is 3. The van der Waals surface area contributed by atoms with Crippen molar-refractivity contribution in [1.82, 2.24) is 15.6 Å². The lowest BCUT2D eigenvalue weighted by molar-refractivity contribution is -0.115. The van der Waals surface area contributed by atoms with Gasteiger partial charge in [-0.15, -0.1) is 0 Å². The lowest BCUT2D eigenvalue weighted by atomic mass is 9.97. The van der Waals surface area contributed by atoms with Crippen LogP contribution >= 0.6 is 12.2 Å². The number of thiocarbonyl (C=S) groups is 1. The quantitative estimate of drug-likeness (QED) is 0.0993. The van der Waals surface area contributed by atoms with E-state index in [0.29, 0.717) is 50.1 Å². The van der Waals surface area contributed by atoms with E-state index in [4.69, 9.17) is 31.4 Å². The SMILES string of the molecule is COC(=O)c1ccc(/C(C2=N/C(=C(/c3ccc(C(=O)OC)cc3)c3ccc(/C(=C4/C=CC(=S)N4)c4ccc(C(=O)OC)cc4)[nH]3)C=C2)=C2\C=CC(=O)N2)cc1. The summed E-state index contributed by atoms with van der Waals surface area (Å²) in [5, 5.41) is 6.14. The first-order valence-corrected chi connectivity index (χ1v) is 17.3. The molecule has 0 saturated carbocycles. The van der Waals surface area contributed by atoms with E-state index in [1.165, 1.54) is 27.4 Å². The highest BCUT2D eigenvalue weighted by Gasteiger charge is 2.24. The minimum atomic E-state index is -0.467. The number of aromatic amines is 1. The third-order valence-electron chi connectivity index (χ3n) is 9.02. The van der Waals surface area contributed by atoms with Gasteiger partial charge in [0.15, 0.2) is 0 Å². The number of aliphatic imine (C=N–C) groups is 1. The Labute approximate surface area is 321 Å². The van der Waals surface area contributed by atoms with Crippen molar-refractivity contribution in [2.75, 3.05) is 21.3 Å². The summed E-state index contributed by atoms with van der Waals surface area (Å²) in [6, 6.07) is 24.9. The minimum absolute atomic E-state index is 0.264. The van der Waals surface area contributed by atoms with Crippen LogP contribution in [0, 0.1) is 0 Å². The number of hydrogen-bond donors (Lipinski definition) is 3. The van der Waals surface area contributed by atoms with Crippen molar-refractivity contribution in [1.29, 1.82) is 0 Å². The Bertz CT molecular complexity index is 2500. The maximum absolute atomic E-state index is 12.3. The van der Waals surface area contributed by atoms with Crippen LogP contribution in [0.1, 0.15) is 59.2 Å². The van der Waals surface area contributed by atoms with Crippen molar-refractivity contribution in [3.8, 4) is 0 Å². The van der Waals surface area contributed by atoms with Gasteiger partial charge in [0, 0.05) is 39.9 Å². The molecule has 0 aliphatic carbocycles. The second-order valence-corrected chi connectivity index (χ2v) is 12.7. The highest BCUT2D eigenvalue weighted by Crippen LogP contribution is 2.36. The first-order chi connectivity index (χ1) is 26.7. The van der Waals surface area contributed by atoms with E-state index in [9.17, 15) is 19.2 Å². The van der Waals surface area contributed by atoms with Gasteiger partial charge in [-0.1, -0.05) is 48.6 Å². The van der Waals surface area contributed by atoms with E-state index >= 15 is 0 Å². The van der Waals surface area contributed by atoms with Gasteiger partial charge in [-0.25, -0.2) is 19.4 Å². The first-order valence-electron chi connectivity index (χ1n) is 16.9. The van der Waals surface area contributed by atoms with Crippen LogP contribution in [0.25, 0.3) is 16.7 Å². The summed E-state index contributed by atoms with van der Waals surface area (Å²) >= 11 is 5.43. The van der Waals surface area contributed by atoms with E-state index in [1.807, 2.05) is 60.7 Å². The summed E-state index contributed by atoms with van der Waals surface area (Å²) in [5.74, 6) is -1.63. The zero-order chi connectivity index (χ0) is 38.6. The Balaban J connectivity index is 1.37. The van der Waals surface area contributed by atoms with Crippen molar-refractivity contribution in [3.63, 3.8) is 0 Å². The zero-order valence-corrected chi connectivity index (χ0v) is 30.6. The molecule has 0 radical (unpaired) electrons. The summed E-state index contributed by atoms with van der Waals surface area (Å²) in [4.78, 5) is 58.3. The number of benzene rings is 3. The molecule has 7 rings (SSSR count). The van der Waals surface area contributed by atoms with Crippen LogP contribution in [0.2, 0.25) is 0 Å².